The molecule has 1 aliphatic carbocycles. The van der Waals surface area contributed by atoms with E-state index in [4.69, 9.17) is 0 Å². The van der Waals surface area contributed by atoms with Gasteiger partial charge in [-0.3, -0.25) is 9.59 Å². The Bertz CT molecular complexity index is 834. The molecule has 4 aliphatic rings. The third-order valence-electron chi connectivity index (χ3n) is 8.19. The van der Waals surface area contributed by atoms with Gasteiger partial charge in [0.2, 0.25) is 5.91 Å². The van der Waals surface area contributed by atoms with Crippen LogP contribution < -0.4 is 0 Å². The van der Waals surface area contributed by atoms with Crippen molar-refractivity contribution >= 4 is 11.8 Å². The van der Waals surface area contributed by atoms with Crippen LogP contribution in [0.2, 0.25) is 0 Å². The Kier molecular flexibility index (Phi) is 5.74. The first-order valence-corrected chi connectivity index (χ1v) is 12.1. The van der Waals surface area contributed by atoms with Gasteiger partial charge in [0, 0.05) is 43.2 Å². The Balaban J connectivity index is 1.40. The topological polar surface area (TPSA) is 40.6 Å². The highest BCUT2D eigenvalue weighted by Gasteiger charge is 2.50. The first-order valence-electron chi connectivity index (χ1n) is 12.1. The zero-order chi connectivity index (χ0) is 21.5. The predicted molar refractivity (Wildman–Crippen MR) is 113 cm³/mol. The summed E-state index contributed by atoms with van der Waals surface area (Å²) in [7, 11) is 0. The normalized spacial score (nSPS) is 31.5. The van der Waals surface area contributed by atoms with Crippen molar-refractivity contribution < 1.29 is 18.4 Å². The van der Waals surface area contributed by atoms with E-state index in [1.807, 2.05) is 0 Å². The number of piperidine rings is 3. The van der Waals surface area contributed by atoms with Crippen LogP contribution in [0.4, 0.5) is 8.78 Å². The summed E-state index contributed by atoms with van der Waals surface area (Å²) in [6, 6.07) is 3.45. The number of likely N-dealkylation sites (tertiary alicyclic amines) is 1. The molecule has 0 spiro atoms. The molecule has 0 aromatic heterocycles. The summed E-state index contributed by atoms with van der Waals surface area (Å²) in [5, 5.41) is 0. The fourth-order valence-corrected chi connectivity index (χ4v) is 6.87. The first-order chi connectivity index (χ1) is 15.0. The van der Waals surface area contributed by atoms with Crippen LogP contribution in [0.15, 0.2) is 18.2 Å². The van der Waals surface area contributed by atoms with Crippen LogP contribution in [0.5, 0.6) is 0 Å². The number of hydrogen-bond donors (Lipinski definition) is 0. The molecular weight excluding hydrogens is 398 g/mol. The second kappa shape index (κ2) is 8.51. The van der Waals surface area contributed by atoms with Gasteiger partial charge in [-0.2, -0.15) is 0 Å². The Morgan fingerprint density at radius 2 is 1.65 bits per heavy atom. The minimum atomic E-state index is -0.722. The maximum Gasteiger partial charge on any atom is 0.254 e. The third kappa shape index (κ3) is 4.10. The van der Waals surface area contributed by atoms with Crippen molar-refractivity contribution in [3.8, 4) is 0 Å². The molecule has 4 atom stereocenters. The van der Waals surface area contributed by atoms with Gasteiger partial charge in [0.1, 0.15) is 11.6 Å². The number of carbonyl (C=O) groups is 2. The number of nitrogens with zero attached hydrogens (tertiary/aromatic N) is 2. The van der Waals surface area contributed by atoms with Crippen LogP contribution in [0.1, 0.15) is 74.6 Å². The number of carbonyl (C=O) groups excluding carboxylic acids is 2. The Hall–Kier alpha value is -1.98. The summed E-state index contributed by atoms with van der Waals surface area (Å²) in [4.78, 5) is 30.2. The standard InChI is InChI=1S/C25H32F2N2O2/c26-20-11-17(12-21(27)13-20)25(31)28-14-18-10-19(15-28)23(9-16-5-2-1-3-6-16)29-22(18)7-4-8-24(29)30/h11-13,16,18-19,22-23H,1-10,14-15H2/t18-,19+,22+,23+/m1/s1. The van der Waals surface area contributed by atoms with Gasteiger partial charge in [0.25, 0.3) is 5.91 Å². The second-order valence-corrected chi connectivity index (χ2v) is 10.2. The van der Waals surface area contributed by atoms with Crippen molar-refractivity contribution in [1.82, 2.24) is 9.80 Å². The van der Waals surface area contributed by atoms with E-state index >= 15 is 0 Å². The maximum atomic E-state index is 13.7. The first kappa shape index (κ1) is 20.9. The van der Waals surface area contributed by atoms with Gasteiger partial charge in [-0.05, 0) is 55.6 Å². The Morgan fingerprint density at radius 3 is 2.39 bits per heavy atom. The van der Waals surface area contributed by atoms with Gasteiger partial charge < -0.3 is 9.80 Å². The average molecular weight is 431 g/mol. The number of benzene rings is 1. The molecule has 4 nitrogen and oxygen atoms in total. The van der Waals surface area contributed by atoms with Crippen LogP contribution >= 0.6 is 0 Å². The maximum absolute atomic E-state index is 13.7. The SMILES string of the molecule is O=C(c1cc(F)cc(F)c1)N1C[C@H]2C[C@@H](C1)[C@H](CC1CCCCC1)N1C(=O)CCC[C@@H]21. The van der Waals surface area contributed by atoms with Crippen molar-refractivity contribution in [3.63, 3.8) is 0 Å². The molecular formula is C25H32F2N2O2. The van der Waals surface area contributed by atoms with Gasteiger partial charge in [-0.15, -0.1) is 0 Å². The lowest BCUT2D eigenvalue weighted by Crippen LogP contribution is -2.65. The molecule has 0 N–H and O–H groups in total. The smallest absolute Gasteiger partial charge is 0.254 e. The minimum Gasteiger partial charge on any atom is -0.338 e. The number of fused-ring (bicyclic) bond motifs is 4. The largest absolute Gasteiger partial charge is 0.338 e. The van der Waals surface area contributed by atoms with E-state index in [0.29, 0.717) is 31.3 Å². The Morgan fingerprint density at radius 1 is 0.935 bits per heavy atom. The molecule has 0 radical (unpaired) electrons. The van der Waals surface area contributed by atoms with E-state index in [1.165, 1.54) is 32.1 Å². The zero-order valence-corrected chi connectivity index (χ0v) is 18.1. The molecule has 168 valence electrons. The van der Waals surface area contributed by atoms with Crippen LogP contribution in [-0.4, -0.2) is 46.8 Å². The van der Waals surface area contributed by atoms with E-state index in [0.717, 1.165) is 43.9 Å². The molecule has 1 saturated carbocycles. The number of halogens is 2. The van der Waals surface area contributed by atoms with Crippen LogP contribution in [0, 0.1) is 29.4 Å². The van der Waals surface area contributed by atoms with Gasteiger partial charge in [-0.1, -0.05) is 32.1 Å². The summed E-state index contributed by atoms with van der Waals surface area (Å²) >= 11 is 0. The quantitative estimate of drug-likeness (QED) is 0.693. The van der Waals surface area contributed by atoms with Crippen molar-refractivity contribution in [2.24, 2.45) is 17.8 Å². The van der Waals surface area contributed by atoms with E-state index in [1.54, 1.807) is 4.90 Å². The summed E-state index contributed by atoms with van der Waals surface area (Å²) in [5.41, 5.74) is 0.0814. The fraction of sp³-hybridized carbons (Fsp3) is 0.680. The van der Waals surface area contributed by atoms with Gasteiger partial charge >= 0.3 is 0 Å². The number of amides is 2. The summed E-state index contributed by atoms with van der Waals surface area (Å²) in [6.07, 6.45) is 11.0. The van der Waals surface area contributed by atoms with E-state index in [2.05, 4.69) is 4.90 Å². The molecule has 4 fully saturated rings. The zero-order valence-electron chi connectivity index (χ0n) is 18.1. The third-order valence-corrected chi connectivity index (χ3v) is 8.19. The molecule has 3 saturated heterocycles. The van der Waals surface area contributed by atoms with Crippen LogP contribution in [0.3, 0.4) is 0 Å². The second-order valence-electron chi connectivity index (χ2n) is 10.2. The number of hydrogen-bond acceptors (Lipinski definition) is 2. The van der Waals surface area contributed by atoms with Crippen LogP contribution in [0.25, 0.3) is 0 Å². The van der Waals surface area contributed by atoms with Crippen molar-refractivity contribution in [3.05, 3.63) is 35.4 Å². The van der Waals surface area contributed by atoms with E-state index < -0.39 is 11.6 Å². The molecule has 3 heterocycles. The molecule has 3 aliphatic heterocycles. The lowest BCUT2D eigenvalue weighted by Gasteiger charge is -2.57. The lowest BCUT2D eigenvalue weighted by atomic mass is 9.69. The fourth-order valence-electron chi connectivity index (χ4n) is 6.87. The lowest BCUT2D eigenvalue weighted by molar-refractivity contribution is -0.153. The monoisotopic (exact) mass is 430 g/mol. The Labute approximate surface area is 183 Å². The van der Waals surface area contributed by atoms with Gasteiger partial charge in [0.15, 0.2) is 0 Å². The molecule has 1 aromatic carbocycles. The average Bonchev–Trinajstić information content (AvgIpc) is 2.76. The van der Waals surface area contributed by atoms with Crippen molar-refractivity contribution in [1.29, 1.82) is 0 Å². The summed E-state index contributed by atoms with van der Waals surface area (Å²) in [5.74, 6) is -0.276. The van der Waals surface area contributed by atoms with E-state index in [9.17, 15) is 18.4 Å². The highest BCUT2D eigenvalue weighted by molar-refractivity contribution is 5.94. The van der Waals surface area contributed by atoms with Gasteiger partial charge in [0.05, 0.1) is 0 Å². The predicted octanol–water partition coefficient (Wildman–Crippen LogP) is 4.78. The molecule has 1 aromatic rings. The van der Waals surface area contributed by atoms with Gasteiger partial charge in [-0.25, -0.2) is 8.78 Å². The molecule has 31 heavy (non-hydrogen) atoms. The molecule has 2 amide bonds. The molecule has 2 bridgehead atoms. The summed E-state index contributed by atoms with van der Waals surface area (Å²) < 4.78 is 27.4. The minimum absolute atomic E-state index is 0.0814. The summed E-state index contributed by atoms with van der Waals surface area (Å²) in [6.45, 7) is 1.14. The number of rotatable bonds is 3. The highest BCUT2D eigenvalue weighted by Crippen LogP contribution is 2.44. The van der Waals surface area contributed by atoms with Crippen LogP contribution in [-0.2, 0) is 4.79 Å². The van der Waals surface area contributed by atoms with Crippen molar-refractivity contribution in [2.75, 3.05) is 13.1 Å². The van der Waals surface area contributed by atoms with Crippen molar-refractivity contribution in [2.45, 2.75) is 76.3 Å². The van der Waals surface area contributed by atoms with E-state index in [-0.39, 0.29) is 35.4 Å². The highest BCUT2D eigenvalue weighted by atomic mass is 19.1. The molecule has 6 heteroatoms. The molecule has 5 rings (SSSR count). The molecule has 0 unspecified atom stereocenters.